The molecule has 2 aliphatic rings. The highest BCUT2D eigenvalue weighted by Gasteiger charge is 2.45. The van der Waals surface area contributed by atoms with Crippen molar-refractivity contribution >= 4 is 11.9 Å². The summed E-state index contributed by atoms with van der Waals surface area (Å²) in [6.07, 6.45) is 5.79. The lowest BCUT2D eigenvalue weighted by atomic mass is 9.67. The van der Waals surface area contributed by atoms with Crippen LogP contribution in [0.3, 0.4) is 0 Å². The number of carboxylic acid groups (broad SMARTS) is 2. The van der Waals surface area contributed by atoms with Gasteiger partial charge in [-0.05, 0) is 31.4 Å². The number of fused-ring (bicyclic) bond motifs is 1. The van der Waals surface area contributed by atoms with E-state index in [2.05, 4.69) is 17.4 Å². The minimum atomic E-state index is -1.82. The van der Waals surface area contributed by atoms with Crippen molar-refractivity contribution in [3.63, 3.8) is 0 Å². The van der Waals surface area contributed by atoms with Gasteiger partial charge >= 0.3 is 11.9 Å². The predicted molar refractivity (Wildman–Crippen MR) is 84.0 cm³/mol. The average molecular weight is 321 g/mol. The van der Waals surface area contributed by atoms with Crippen LogP contribution < -0.4 is 5.32 Å². The summed E-state index contributed by atoms with van der Waals surface area (Å²) >= 11 is 0. The molecule has 23 heavy (non-hydrogen) atoms. The molecule has 6 nitrogen and oxygen atoms in total. The highest BCUT2D eigenvalue weighted by Crippen LogP contribution is 2.43. The van der Waals surface area contributed by atoms with Crippen LogP contribution in [0.5, 0.6) is 0 Å². The summed E-state index contributed by atoms with van der Waals surface area (Å²) in [7, 11) is 0. The Hall–Kier alpha value is -1.92. The molecule has 0 amide bonds. The zero-order chi connectivity index (χ0) is 16.9. The van der Waals surface area contributed by atoms with Gasteiger partial charge in [0.1, 0.15) is 0 Å². The smallest absolute Gasteiger partial charge is 0.414 e. The maximum absolute atomic E-state index is 11.1. The summed E-state index contributed by atoms with van der Waals surface area (Å²) in [5.41, 5.74) is 0.510. The molecule has 0 bridgehead atoms. The normalized spacial score (nSPS) is 29.6. The summed E-state index contributed by atoms with van der Waals surface area (Å²) in [6.45, 7) is 0.937. The molecule has 1 aliphatic carbocycles. The third-order valence-corrected chi connectivity index (χ3v) is 4.75. The molecule has 3 rings (SSSR count). The minimum absolute atomic E-state index is 0.396. The summed E-state index contributed by atoms with van der Waals surface area (Å²) in [5, 5.41) is 29.5. The van der Waals surface area contributed by atoms with Crippen molar-refractivity contribution in [2.45, 2.75) is 43.7 Å². The Morgan fingerprint density at radius 2 is 1.65 bits per heavy atom. The van der Waals surface area contributed by atoms with Gasteiger partial charge in [0.2, 0.25) is 0 Å². The Morgan fingerprint density at radius 1 is 1.04 bits per heavy atom. The van der Waals surface area contributed by atoms with Crippen LogP contribution >= 0.6 is 0 Å². The Labute approximate surface area is 135 Å². The first kappa shape index (κ1) is 17.4. The molecule has 1 aromatic rings. The molecule has 3 atom stereocenters. The van der Waals surface area contributed by atoms with Gasteiger partial charge in [0.15, 0.2) is 0 Å². The van der Waals surface area contributed by atoms with E-state index in [1.165, 1.54) is 19.3 Å². The van der Waals surface area contributed by atoms with Crippen LogP contribution in [0.4, 0.5) is 0 Å². The summed E-state index contributed by atoms with van der Waals surface area (Å²) in [5.74, 6) is -3.25. The zero-order valence-corrected chi connectivity index (χ0v) is 12.9. The topological polar surface area (TPSA) is 107 Å². The lowest BCUT2D eigenvalue weighted by Gasteiger charge is -2.48. The Morgan fingerprint density at radius 3 is 2.26 bits per heavy atom. The fraction of sp³-hybridized carbons (Fsp3) is 0.529. The standard InChI is InChI=1S/C15H21NO.C2H2O4/c17-15(12-6-2-1-3-7-12)10-11-16-14-9-5-4-8-13(14)15;3-1(4)2(5)6/h1-3,6-7,13-14,16-17H,4-5,8-11H2;(H,3,4)(H,5,6)/t13-,14+,15+;/m1./s1. The molecule has 126 valence electrons. The van der Waals surface area contributed by atoms with Gasteiger partial charge in [0.25, 0.3) is 0 Å². The number of aliphatic carboxylic acids is 2. The van der Waals surface area contributed by atoms with Crippen molar-refractivity contribution in [3.05, 3.63) is 35.9 Å². The minimum Gasteiger partial charge on any atom is -0.473 e. The summed E-state index contributed by atoms with van der Waals surface area (Å²) < 4.78 is 0. The van der Waals surface area contributed by atoms with Crippen LogP contribution in [0.1, 0.15) is 37.7 Å². The van der Waals surface area contributed by atoms with Gasteiger partial charge in [0, 0.05) is 12.0 Å². The molecule has 1 heterocycles. The fourth-order valence-corrected chi connectivity index (χ4v) is 3.67. The van der Waals surface area contributed by atoms with E-state index in [1.807, 2.05) is 18.2 Å². The van der Waals surface area contributed by atoms with Crippen molar-refractivity contribution in [3.8, 4) is 0 Å². The second-order valence-corrected chi connectivity index (χ2v) is 6.10. The van der Waals surface area contributed by atoms with Gasteiger partial charge in [-0.15, -0.1) is 0 Å². The Bertz CT molecular complexity index is 533. The number of aliphatic hydroxyl groups is 1. The molecule has 0 radical (unpaired) electrons. The van der Waals surface area contributed by atoms with Crippen LogP contribution in [0.15, 0.2) is 30.3 Å². The van der Waals surface area contributed by atoms with Gasteiger partial charge in [-0.3, -0.25) is 0 Å². The van der Waals surface area contributed by atoms with Crippen molar-refractivity contribution in [1.29, 1.82) is 0 Å². The second kappa shape index (κ2) is 7.57. The Kier molecular flexibility index (Phi) is 5.74. The van der Waals surface area contributed by atoms with E-state index in [0.29, 0.717) is 12.0 Å². The van der Waals surface area contributed by atoms with E-state index < -0.39 is 17.5 Å². The van der Waals surface area contributed by atoms with Gasteiger partial charge < -0.3 is 20.6 Å². The molecule has 0 spiro atoms. The van der Waals surface area contributed by atoms with E-state index >= 15 is 0 Å². The highest BCUT2D eigenvalue weighted by atomic mass is 16.4. The van der Waals surface area contributed by atoms with Crippen LogP contribution in [0.2, 0.25) is 0 Å². The number of piperidine rings is 1. The zero-order valence-electron chi connectivity index (χ0n) is 12.9. The molecule has 1 saturated carbocycles. The van der Waals surface area contributed by atoms with Gasteiger partial charge in [0.05, 0.1) is 5.60 Å². The number of benzene rings is 1. The van der Waals surface area contributed by atoms with Gasteiger partial charge in [-0.25, -0.2) is 9.59 Å². The fourth-order valence-electron chi connectivity index (χ4n) is 3.67. The molecule has 1 aliphatic heterocycles. The highest BCUT2D eigenvalue weighted by molar-refractivity contribution is 6.27. The summed E-state index contributed by atoms with van der Waals surface area (Å²) in [6, 6.07) is 10.8. The number of hydrogen-bond donors (Lipinski definition) is 4. The first-order valence-corrected chi connectivity index (χ1v) is 7.92. The number of nitrogens with one attached hydrogen (secondary N) is 1. The molecule has 6 heteroatoms. The predicted octanol–water partition coefficient (Wildman–Crippen LogP) is 1.58. The van der Waals surface area contributed by atoms with E-state index in [4.69, 9.17) is 19.8 Å². The van der Waals surface area contributed by atoms with E-state index in [-0.39, 0.29) is 0 Å². The number of rotatable bonds is 1. The van der Waals surface area contributed by atoms with Crippen molar-refractivity contribution in [1.82, 2.24) is 5.32 Å². The first-order chi connectivity index (χ1) is 10.9. The average Bonchev–Trinajstić information content (AvgIpc) is 2.57. The van der Waals surface area contributed by atoms with E-state index in [1.54, 1.807) is 0 Å². The van der Waals surface area contributed by atoms with Crippen molar-refractivity contribution in [2.24, 2.45) is 5.92 Å². The third-order valence-electron chi connectivity index (χ3n) is 4.75. The second-order valence-electron chi connectivity index (χ2n) is 6.10. The van der Waals surface area contributed by atoms with Crippen molar-refractivity contribution < 1.29 is 24.9 Å². The van der Waals surface area contributed by atoms with Crippen LogP contribution in [0, 0.1) is 5.92 Å². The molecular weight excluding hydrogens is 298 g/mol. The van der Waals surface area contributed by atoms with E-state index in [0.717, 1.165) is 24.9 Å². The van der Waals surface area contributed by atoms with E-state index in [9.17, 15) is 5.11 Å². The van der Waals surface area contributed by atoms with Gasteiger partial charge in [-0.2, -0.15) is 0 Å². The molecule has 1 aromatic carbocycles. The largest absolute Gasteiger partial charge is 0.473 e. The summed E-state index contributed by atoms with van der Waals surface area (Å²) in [4.78, 5) is 18.2. The number of carboxylic acids is 2. The quantitative estimate of drug-likeness (QED) is 0.585. The molecule has 1 saturated heterocycles. The number of hydrogen-bond acceptors (Lipinski definition) is 4. The lowest BCUT2D eigenvalue weighted by Crippen LogP contribution is -2.55. The molecule has 0 aromatic heterocycles. The molecule has 4 N–H and O–H groups in total. The Balaban J connectivity index is 0.000000277. The SMILES string of the molecule is O=C(O)C(=O)O.O[C@]1(c2ccccc2)CCN[C@H]2CCCC[C@H]21. The maximum atomic E-state index is 11.1. The lowest BCUT2D eigenvalue weighted by molar-refractivity contribution is -0.159. The van der Waals surface area contributed by atoms with Gasteiger partial charge in [-0.1, -0.05) is 43.2 Å². The number of carbonyl (C=O) groups is 2. The third kappa shape index (κ3) is 4.09. The molecular formula is C17H23NO5. The monoisotopic (exact) mass is 321 g/mol. The van der Waals surface area contributed by atoms with Crippen LogP contribution in [-0.4, -0.2) is 39.8 Å². The van der Waals surface area contributed by atoms with Crippen LogP contribution in [-0.2, 0) is 15.2 Å². The molecule has 0 unspecified atom stereocenters. The van der Waals surface area contributed by atoms with Crippen molar-refractivity contribution in [2.75, 3.05) is 6.54 Å². The maximum Gasteiger partial charge on any atom is 0.414 e. The molecule has 2 fully saturated rings. The van der Waals surface area contributed by atoms with Crippen LogP contribution in [0.25, 0.3) is 0 Å². The first-order valence-electron chi connectivity index (χ1n) is 7.92.